The summed E-state index contributed by atoms with van der Waals surface area (Å²) >= 11 is 0. The van der Waals surface area contributed by atoms with Gasteiger partial charge in [-0.1, -0.05) is 50.6 Å². The van der Waals surface area contributed by atoms with Gasteiger partial charge >= 0.3 is 6.18 Å². The molecule has 1 aromatic carbocycles. The monoisotopic (exact) mass is 596 g/mol. The zero-order valence-electron chi connectivity index (χ0n) is 24.7. The standard InChI is InChI=1S/C33H47F3O4S/c1-4-32(38)17-16-31(3)23(20-32)10-12-27-28-13-11-22(30(28,2)15-14-29(27)31)18-26(19-24(37)21-33(34,35)36)41(39,40)25-8-6-5-7-9-25/h5-10,22,24,26-29,37-38H,4,11-21H2,1-3H3/t22-,24?,26?,27+,28+,29?,30-,31+,32+/m1/s1. The fraction of sp³-hybridized carbons (Fsp3) is 0.758. The van der Waals surface area contributed by atoms with Gasteiger partial charge < -0.3 is 10.2 Å². The molecule has 1 aromatic rings. The van der Waals surface area contributed by atoms with Crippen molar-refractivity contribution in [2.75, 3.05) is 0 Å². The van der Waals surface area contributed by atoms with Gasteiger partial charge in [-0.05, 0) is 117 Å². The Morgan fingerprint density at radius 2 is 1.73 bits per heavy atom. The van der Waals surface area contributed by atoms with Crippen LogP contribution < -0.4 is 0 Å². The van der Waals surface area contributed by atoms with Gasteiger partial charge in [0.1, 0.15) is 0 Å². The maximum Gasteiger partial charge on any atom is 0.391 e. The maximum absolute atomic E-state index is 13.8. The molecule has 4 nitrogen and oxygen atoms in total. The van der Waals surface area contributed by atoms with Crippen molar-refractivity contribution in [3.63, 3.8) is 0 Å². The van der Waals surface area contributed by atoms with E-state index in [1.807, 2.05) is 0 Å². The number of benzene rings is 1. The molecule has 9 atom stereocenters. The van der Waals surface area contributed by atoms with Crippen molar-refractivity contribution < 1.29 is 31.8 Å². The molecule has 3 unspecified atom stereocenters. The minimum atomic E-state index is -4.56. The Morgan fingerprint density at radius 3 is 2.39 bits per heavy atom. The first-order valence-corrected chi connectivity index (χ1v) is 17.1. The predicted molar refractivity (Wildman–Crippen MR) is 154 cm³/mol. The third-order valence-electron chi connectivity index (χ3n) is 12.2. The van der Waals surface area contributed by atoms with Gasteiger partial charge in [0.2, 0.25) is 0 Å². The SMILES string of the molecule is CC[C@]1(O)CC[C@@]2(C)C(=CC[C@@H]3C2CC[C@]2(C)[C@@H](CC(CC(O)CC(F)(F)F)S(=O)(=O)c4ccccc4)CC[C@@H]32)C1. The van der Waals surface area contributed by atoms with E-state index in [9.17, 15) is 31.8 Å². The summed E-state index contributed by atoms with van der Waals surface area (Å²) < 4.78 is 66.9. The van der Waals surface area contributed by atoms with E-state index >= 15 is 0 Å². The van der Waals surface area contributed by atoms with E-state index in [0.29, 0.717) is 17.8 Å². The number of allylic oxidation sites excluding steroid dienone is 1. The van der Waals surface area contributed by atoms with Crippen molar-refractivity contribution in [1.82, 2.24) is 0 Å². The van der Waals surface area contributed by atoms with Crippen LogP contribution in [-0.4, -0.2) is 41.8 Å². The largest absolute Gasteiger partial charge is 0.393 e. The summed E-state index contributed by atoms with van der Waals surface area (Å²) in [5.41, 5.74) is 0.821. The van der Waals surface area contributed by atoms with E-state index in [1.54, 1.807) is 18.2 Å². The van der Waals surface area contributed by atoms with E-state index in [2.05, 4.69) is 26.8 Å². The normalized spacial score (nSPS) is 38.8. The highest BCUT2D eigenvalue weighted by molar-refractivity contribution is 7.92. The molecule has 0 radical (unpaired) electrons. The summed E-state index contributed by atoms with van der Waals surface area (Å²) in [6.45, 7) is 6.75. The first-order valence-electron chi connectivity index (χ1n) is 15.6. The molecule has 41 heavy (non-hydrogen) atoms. The number of aliphatic hydroxyl groups excluding tert-OH is 1. The quantitative estimate of drug-likeness (QED) is 0.303. The summed E-state index contributed by atoms with van der Waals surface area (Å²) in [6.07, 6.45) is 2.78. The molecule has 3 fully saturated rings. The van der Waals surface area contributed by atoms with Crippen LogP contribution in [0.25, 0.3) is 0 Å². The van der Waals surface area contributed by atoms with Gasteiger partial charge in [-0.3, -0.25) is 0 Å². The lowest BCUT2D eigenvalue weighted by atomic mass is 9.46. The molecule has 5 rings (SSSR count). The first-order chi connectivity index (χ1) is 19.1. The second-order valence-electron chi connectivity index (χ2n) is 14.3. The molecule has 2 N–H and O–H groups in total. The number of hydrogen-bond acceptors (Lipinski definition) is 4. The molecule has 0 aromatic heterocycles. The van der Waals surface area contributed by atoms with Crippen molar-refractivity contribution >= 4 is 9.84 Å². The second-order valence-corrected chi connectivity index (χ2v) is 16.5. The number of fused-ring (bicyclic) bond motifs is 5. The van der Waals surface area contributed by atoms with E-state index in [1.165, 1.54) is 17.7 Å². The number of rotatable bonds is 8. The average Bonchev–Trinajstić information content (AvgIpc) is 3.24. The van der Waals surface area contributed by atoms with Crippen molar-refractivity contribution in [2.45, 2.75) is 126 Å². The third-order valence-corrected chi connectivity index (χ3v) is 14.4. The zero-order chi connectivity index (χ0) is 29.8. The van der Waals surface area contributed by atoms with E-state index < -0.39 is 45.8 Å². The van der Waals surface area contributed by atoms with Gasteiger partial charge in [-0.25, -0.2) is 8.42 Å². The molecular weight excluding hydrogens is 549 g/mol. The molecule has 0 bridgehead atoms. The predicted octanol–water partition coefficient (Wildman–Crippen LogP) is 7.64. The van der Waals surface area contributed by atoms with Crippen LogP contribution in [0.2, 0.25) is 0 Å². The molecule has 4 aliphatic rings. The Hall–Kier alpha value is -1.38. The van der Waals surface area contributed by atoms with Crippen LogP contribution in [0.3, 0.4) is 0 Å². The number of alkyl halides is 3. The summed E-state index contributed by atoms with van der Waals surface area (Å²) in [5.74, 6) is 1.55. The van der Waals surface area contributed by atoms with Crippen LogP contribution in [0.4, 0.5) is 13.2 Å². The molecular formula is C33H47F3O4S. The average molecular weight is 597 g/mol. The lowest BCUT2D eigenvalue weighted by Gasteiger charge is -2.59. The Labute approximate surface area is 243 Å². The smallest absolute Gasteiger partial charge is 0.391 e. The highest BCUT2D eigenvalue weighted by atomic mass is 32.2. The molecule has 0 amide bonds. The molecule has 0 saturated heterocycles. The highest BCUT2D eigenvalue weighted by Crippen LogP contribution is 2.67. The van der Waals surface area contributed by atoms with E-state index in [0.717, 1.165) is 57.8 Å². The Bertz CT molecular complexity index is 1230. The molecule has 4 aliphatic carbocycles. The molecule has 8 heteroatoms. The molecule has 230 valence electrons. The Balaban J connectivity index is 1.39. The van der Waals surface area contributed by atoms with Crippen molar-refractivity contribution in [2.24, 2.45) is 34.5 Å². The van der Waals surface area contributed by atoms with Crippen LogP contribution in [0.15, 0.2) is 46.9 Å². The Kier molecular flexibility index (Phi) is 8.30. The molecule has 0 heterocycles. The lowest BCUT2D eigenvalue weighted by molar-refractivity contribution is -0.154. The summed E-state index contributed by atoms with van der Waals surface area (Å²) in [4.78, 5) is 0.106. The summed E-state index contributed by atoms with van der Waals surface area (Å²) in [5, 5.41) is 20.3. The number of sulfone groups is 1. The van der Waals surface area contributed by atoms with Gasteiger partial charge in [0.25, 0.3) is 0 Å². The number of halogens is 3. The van der Waals surface area contributed by atoms with Crippen molar-refractivity contribution in [1.29, 1.82) is 0 Å². The third kappa shape index (κ3) is 5.78. The maximum atomic E-state index is 13.8. The fourth-order valence-corrected chi connectivity index (χ4v) is 11.5. The molecule has 0 spiro atoms. The van der Waals surface area contributed by atoms with E-state index in [4.69, 9.17) is 0 Å². The number of aliphatic hydroxyl groups is 2. The van der Waals surface area contributed by atoms with Gasteiger partial charge in [-0.2, -0.15) is 13.2 Å². The van der Waals surface area contributed by atoms with Gasteiger partial charge in [-0.15, -0.1) is 0 Å². The van der Waals surface area contributed by atoms with E-state index in [-0.39, 0.29) is 28.1 Å². The highest BCUT2D eigenvalue weighted by Gasteiger charge is 2.59. The van der Waals surface area contributed by atoms with Crippen molar-refractivity contribution in [3.05, 3.63) is 42.0 Å². The van der Waals surface area contributed by atoms with Crippen LogP contribution in [-0.2, 0) is 9.84 Å². The van der Waals surface area contributed by atoms with Gasteiger partial charge in [0, 0.05) is 0 Å². The van der Waals surface area contributed by atoms with Gasteiger partial charge in [0.05, 0.1) is 28.3 Å². The van der Waals surface area contributed by atoms with Gasteiger partial charge in [0.15, 0.2) is 9.84 Å². The number of hydrogen-bond donors (Lipinski definition) is 2. The van der Waals surface area contributed by atoms with Crippen LogP contribution in [0.1, 0.15) is 97.8 Å². The first kappa shape index (κ1) is 31.1. The van der Waals surface area contributed by atoms with Crippen molar-refractivity contribution in [3.8, 4) is 0 Å². The van der Waals surface area contributed by atoms with Crippen LogP contribution in [0, 0.1) is 34.5 Å². The second kappa shape index (κ2) is 11.0. The summed E-state index contributed by atoms with van der Waals surface area (Å²) in [7, 11) is -3.93. The van der Waals surface area contributed by atoms with Crippen LogP contribution in [0.5, 0.6) is 0 Å². The zero-order valence-corrected chi connectivity index (χ0v) is 25.5. The minimum Gasteiger partial charge on any atom is -0.393 e. The lowest BCUT2D eigenvalue weighted by Crippen LogP contribution is -2.52. The fourth-order valence-electron chi connectivity index (χ4n) is 9.63. The molecule has 0 aliphatic heterocycles. The Morgan fingerprint density at radius 1 is 1.02 bits per heavy atom. The summed E-state index contributed by atoms with van der Waals surface area (Å²) in [6, 6.07) is 7.97. The minimum absolute atomic E-state index is 0.0738. The topological polar surface area (TPSA) is 74.6 Å². The van der Waals surface area contributed by atoms with Crippen LogP contribution >= 0.6 is 0 Å². The molecule has 3 saturated carbocycles.